The smallest absolute Gasteiger partial charge is 0.213 e. The van der Waals surface area contributed by atoms with E-state index in [2.05, 4.69) is 4.98 Å². The molecule has 1 heterocycles. The van der Waals surface area contributed by atoms with Crippen LogP contribution in [0.4, 0.5) is 0 Å². The van der Waals surface area contributed by atoms with Gasteiger partial charge in [0.15, 0.2) is 0 Å². The minimum atomic E-state index is -0.185. The molecule has 1 aromatic rings. The summed E-state index contributed by atoms with van der Waals surface area (Å²) in [6.07, 6.45) is 5.90. The highest BCUT2D eigenvalue weighted by molar-refractivity contribution is 5.28. The maximum absolute atomic E-state index is 8.62. The summed E-state index contributed by atoms with van der Waals surface area (Å²) in [6, 6.07) is 5.42. The third-order valence-corrected chi connectivity index (χ3v) is 2.97. The van der Waals surface area contributed by atoms with Gasteiger partial charge in [-0.3, -0.25) is 0 Å². The van der Waals surface area contributed by atoms with Gasteiger partial charge in [-0.1, -0.05) is 12.8 Å². The van der Waals surface area contributed by atoms with Crippen molar-refractivity contribution in [3.05, 3.63) is 23.9 Å². The van der Waals surface area contributed by atoms with Crippen molar-refractivity contribution in [2.24, 2.45) is 5.73 Å². The summed E-state index contributed by atoms with van der Waals surface area (Å²) in [5.41, 5.74) is 6.51. The second-order valence-electron chi connectivity index (χ2n) is 4.36. The standard InChI is InChI=1S/C12H15N3O/c13-7-10-3-4-11(15-8-10)16-9-12(14)5-1-2-6-12/h3-4,8H,1-2,5-6,9,14H2. The van der Waals surface area contributed by atoms with Crippen molar-refractivity contribution < 1.29 is 4.74 Å². The number of ether oxygens (including phenoxy) is 1. The van der Waals surface area contributed by atoms with Crippen LogP contribution in [0.5, 0.6) is 5.88 Å². The van der Waals surface area contributed by atoms with Crippen LogP contribution in [0.15, 0.2) is 18.3 Å². The first-order chi connectivity index (χ1) is 7.72. The van der Waals surface area contributed by atoms with Gasteiger partial charge in [0.2, 0.25) is 5.88 Å². The Balaban J connectivity index is 1.92. The summed E-state index contributed by atoms with van der Waals surface area (Å²) in [5.74, 6) is 0.538. The fourth-order valence-electron chi connectivity index (χ4n) is 1.97. The van der Waals surface area contributed by atoms with Crippen LogP contribution in [-0.2, 0) is 0 Å². The summed E-state index contributed by atoms with van der Waals surface area (Å²) in [5, 5.41) is 8.62. The van der Waals surface area contributed by atoms with Gasteiger partial charge in [0.25, 0.3) is 0 Å². The highest BCUT2D eigenvalue weighted by atomic mass is 16.5. The summed E-state index contributed by atoms with van der Waals surface area (Å²) >= 11 is 0. The highest BCUT2D eigenvalue weighted by Gasteiger charge is 2.30. The molecule has 1 saturated carbocycles. The third-order valence-electron chi connectivity index (χ3n) is 2.97. The zero-order chi connectivity index (χ0) is 11.4. The molecule has 2 N–H and O–H groups in total. The van der Waals surface area contributed by atoms with Gasteiger partial charge >= 0.3 is 0 Å². The molecule has 1 fully saturated rings. The van der Waals surface area contributed by atoms with Crippen LogP contribution >= 0.6 is 0 Å². The molecule has 0 aromatic carbocycles. The molecule has 1 aliphatic carbocycles. The molecule has 4 nitrogen and oxygen atoms in total. The molecule has 2 rings (SSSR count). The van der Waals surface area contributed by atoms with Gasteiger partial charge in [-0.15, -0.1) is 0 Å². The largest absolute Gasteiger partial charge is 0.476 e. The highest BCUT2D eigenvalue weighted by Crippen LogP contribution is 2.27. The molecule has 1 aliphatic rings. The van der Waals surface area contributed by atoms with Crippen LogP contribution < -0.4 is 10.5 Å². The van der Waals surface area contributed by atoms with E-state index < -0.39 is 0 Å². The van der Waals surface area contributed by atoms with Crippen molar-refractivity contribution in [1.29, 1.82) is 5.26 Å². The van der Waals surface area contributed by atoms with E-state index in [-0.39, 0.29) is 5.54 Å². The van der Waals surface area contributed by atoms with E-state index in [1.165, 1.54) is 19.0 Å². The topological polar surface area (TPSA) is 71.9 Å². The lowest BCUT2D eigenvalue weighted by Gasteiger charge is -2.22. The second kappa shape index (κ2) is 4.50. The number of aromatic nitrogens is 1. The summed E-state index contributed by atoms with van der Waals surface area (Å²) in [4.78, 5) is 4.04. The van der Waals surface area contributed by atoms with E-state index >= 15 is 0 Å². The van der Waals surface area contributed by atoms with E-state index in [0.29, 0.717) is 18.1 Å². The number of hydrogen-bond acceptors (Lipinski definition) is 4. The first-order valence-electron chi connectivity index (χ1n) is 5.50. The Morgan fingerprint density at radius 2 is 2.19 bits per heavy atom. The normalized spacial score (nSPS) is 18.0. The number of nitrogens with two attached hydrogens (primary N) is 1. The third kappa shape index (κ3) is 2.50. The van der Waals surface area contributed by atoms with Crippen LogP contribution in [0, 0.1) is 11.3 Å². The predicted molar refractivity (Wildman–Crippen MR) is 59.8 cm³/mol. The maximum Gasteiger partial charge on any atom is 0.213 e. The van der Waals surface area contributed by atoms with Crippen molar-refractivity contribution in [2.75, 3.05) is 6.61 Å². The van der Waals surface area contributed by atoms with Gasteiger partial charge in [-0.05, 0) is 18.9 Å². The van der Waals surface area contributed by atoms with E-state index in [1.807, 2.05) is 6.07 Å². The van der Waals surface area contributed by atoms with Gasteiger partial charge in [-0.25, -0.2) is 4.98 Å². The monoisotopic (exact) mass is 217 g/mol. The lowest BCUT2D eigenvalue weighted by molar-refractivity contribution is 0.213. The molecule has 16 heavy (non-hydrogen) atoms. The Bertz CT molecular complexity index is 388. The first-order valence-corrected chi connectivity index (χ1v) is 5.50. The van der Waals surface area contributed by atoms with E-state index in [0.717, 1.165) is 12.8 Å². The molecule has 0 amide bonds. The summed E-state index contributed by atoms with van der Waals surface area (Å²) < 4.78 is 5.55. The predicted octanol–water partition coefficient (Wildman–Crippen LogP) is 1.60. The fourth-order valence-corrected chi connectivity index (χ4v) is 1.97. The lowest BCUT2D eigenvalue weighted by atomic mass is 10.0. The van der Waals surface area contributed by atoms with Gasteiger partial charge < -0.3 is 10.5 Å². The molecule has 4 heteroatoms. The van der Waals surface area contributed by atoms with Crippen LogP contribution in [0.1, 0.15) is 31.2 Å². The molecule has 0 bridgehead atoms. The SMILES string of the molecule is N#Cc1ccc(OCC2(N)CCCC2)nc1. The van der Waals surface area contributed by atoms with Gasteiger partial charge in [0, 0.05) is 12.3 Å². The van der Waals surface area contributed by atoms with E-state index in [9.17, 15) is 0 Å². The van der Waals surface area contributed by atoms with Crippen LogP contribution in [-0.4, -0.2) is 17.1 Å². The zero-order valence-electron chi connectivity index (χ0n) is 9.15. The molecule has 0 spiro atoms. The molecule has 0 radical (unpaired) electrons. The number of nitriles is 1. The molecule has 0 unspecified atom stereocenters. The number of rotatable bonds is 3. The molecular weight excluding hydrogens is 202 g/mol. The quantitative estimate of drug-likeness (QED) is 0.834. The maximum atomic E-state index is 8.62. The van der Waals surface area contributed by atoms with Crippen molar-refractivity contribution in [3.63, 3.8) is 0 Å². The van der Waals surface area contributed by atoms with Gasteiger partial charge in [0.1, 0.15) is 12.7 Å². The van der Waals surface area contributed by atoms with Gasteiger partial charge in [0.05, 0.1) is 11.1 Å². The Labute approximate surface area is 95.0 Å². The number of hydrogen-bond donors (Lipinski definition) is 1. The van der Waals surface area contributed by atoms with E-state index in [1.54, 1.807) is 12.1 Å². The Morgan fingerprint density at radius 1 is 1.44 bits per heavy atom. The van der Waals surface area contributed by atoms with Crippen molar-refractivity contribution in [2.45, 2.75) is 31.2 Å². The fraction of sp³-hybridized carbons (Fsp3) is 0.500. The minimum absolute atomic E-state index is 0.185. The molecule has 1 aromatic heterocycles. The van der Waals surface area contributed by atoms with Crippen molar-refractivity contribution >= 4 is 0 Å². The van der Waals surface area contributed by atoms with Crippen LogP contribution in [0.3, 0.4) is 0 Å². The number of nitrogens with zero attached hydrogens (tertiary/aromatic N) is 2. The second-order valence-corrected chi connectivity index (χ2v) is 4.36. The minimum Gasteiger partial charge on any atom is -0.476 e. The first kappa shape index (κ1) is 10.9. The summed E-state index contributed by atoms with van der Waals surface area (Å²) in [7, 11) is 0. The molecule has 0 aliphatic heterocycles. The van der Waals surface area contributed by atoms with Crippen molar-refractivity contribution in [3.8, 4) is 11.9 Å². The average Bonchev–Trinajstić information content (AvgIpc) is 2.75. The Kier molecular flexibility index (Phi) is 3.07. The zero-order valence-corrected chi connectivity index (χ0v) is 9.15. The molecule has 84 valence electrons. The van der Waals surface area contributed by atoms with Gasteiger partial charge in [-0.2, -0.15) is 5.26 Å². The average molecular weight is 217 g/mol. The summed E-state index contributed by atoms with van der Waals surface area (Å²) in [6.45, 7) is 0.506. The molecule has 0 atom stereocenters. The lowest BCUT2D eigenvalue weighted by Crippen LogP contribution is -2.42. The number of pyridine rings is 1. The van der Waals surface area contributed by atoms with Crippen molar-refractivity contribution in [1.82, 2.24) is 4.98 Å². The van der Waals surface area contributed by atoms with Crippen LogP contribution in [0.25, 0.3) is 0 Å². The van der Waals surface area contributed by atoms with E-state index in [4.69, 9.17) is 15.7 Å². The Morgan fingerprint density at radius 3 is 2.75 bits per heavy atom. The Hall–Kier alpha value is -1.60. The van der Waals surface area contributed by atoms with Crippen LogP contribution in [0.2, 0.25) is 0 Å². The molecule has 0 saturated heterocycles. The molecular formula is C12H15N3O.